The fourth-order valence-electron chi connectivity index (χ4n) is 3.46. The zero-order valence-electron chi connectivity index (χ0n) is 24.7. The lowest BCUT2D eigenvalue weighted by atomic mass is 9.97. The van der Waals surface area contributed by atoms with Crippen LogP contribution in [0.1, 0.15) is 34.6 Å². The van der Waals surface area contributed by atoms with Gasteiger partial charge in [-0.3, -0.25) is 0 Å². The molecule has 8 heteroatoms. The van der Waals surface area contributed by atoms with Gasteiger partial charge in [0.2, 0.25) is 0 Å². The van der Waals surface area contributed by atoms with Crippen LogP contribution < -0.4 is 18.9 Å². The fourth-order valence-corrected chi connectivity index (χ4v) is 3.46. The fraction of sp³-hybridized carbons (Fsp3) is 0.143. The number of ether oxygens (including phenoxy) is 4. The lowest BCUT2D eigenvalue weighted by molar-refractivity contribution is -0.131. The van der Waals surface area contributed by atoms with E-state index in [1.807, 2.05) is 0 Å². The van der Waals surface area contributed by atoms with Gasteiger partial charge in [-0.25, -0.2) is 19.2 Å². The predicted octanol–water partition coefficient (Wildman–Crippen LogP) is 7.34. The van der Waals surface area contributed by atoms with Crippen LogP contribution in [-0.2, 0) is 19.2 Å². The Bertz CT molecular complexity index is 1660. The van der Waals surface area contributed by atoms with Crippen LogP contribution in [0, 0.1) is 0 Å². The van der Waals surface area contributed by atoms with Crippen molar-refractivity contribution in [1.29, 1.82) is 0 Å². The molecule has 43 heavy (non-hydrogen) atoms. The number of rotatable bonds is 10. The van der Waals surface area contributed by atoms with Crippen molar-refractivity contribution in [2.75, 3.05) is 0 Å². The summed E-state index contributed by atoms with van der Waals surface area (Å²) in [5, 5.41) is 0. The lowest BCUT2D eigenvalue weighted by Gasteiger charge is -2.17. The first-order valence-electron chi connectivity index (χ1n) is 13.2. The molecule has 0 bridgehead atoms. The summed E-state index contributed by atoms with van der Waals surface area (Å²) in [5.41, 5.74) is 3.07. The number of allylic oxidation sites excluding steroid dienone is 1. The molecule has 3 rings (SSSR count). The van der Waals surface area contributed by atoms with Gasteiger partial charge in [0.05, 0.1) is 0 Å². The third kappa shape index (κ3) is 8.27. The van der Waals surface area contributed by atoms with Crippen molar-refractivity contribution in [3.8, 4) is 45.3 Å². The summed E-state index contributed by atoms with van der Waals surface area (Å²) < 4.78 is 22.1. The third-order valence-corrected chi connectivity index (χ3v) is 6.04. The van der Waals surface area contributed by atoms with Gasteiger partial charge in [0.1, 0.15) is 23.0 Å². The van der Waals surface area contributed by atoms with Gasteiger partial charge in [0.15, 0.2) is 0 Å². The molecular formula is C35H32O8. The molecule has 8 nitrogen and oxygen atoms in total. The summed E-state index contributed by atoms with van der Waals surface area (Å²) in [6.07, 6.45) is 1.63. The molecule has 220 valence electrons. The third-order valence-electron chi connectivity index (χ3n) is 6.04. The largest absolute Gasteiger partial charge is 0.423 e. The Morgan fingerprint density at radius 1 is 0.535 bits per heavy atom. The first kappa shape index (κ1) is 32.0. The van der Waals surface area contributed by atoms with Crippen LogP contribution in [-0.4, -0.2) is 23.9 Å². The first-order valence-corrected chi connectivity index (χ1v) is 13.2. The van der Waals surface area contributed by atoms with E-state index in [1.54, 1.807) is 94.4 Å². The SMILES string of the molecule is C=C(C)C(=O)Oc1ccc(-c2cc(OC(=O)/C(C)=C/C)c(-c3ccc(OC(=O)C(=C)C)cc3)cc2OC(=O)C(=C)C)cc1. The number of hydrogen-bond acceptors (Lipinski definition) is 8. The molecule has 0 aliphatic rings. The summed E-state index contributed by atoms with van der Waals surface area (Å²) in [4.78, 5) is 49.4. The Labute approximate surface area is 250 Å². The maximum atomic E-state index is 12.9. The average molecular weight is 581 g/mol. The second kappa shape index (κ2) is 13.9. The minimum absolute atomic E-state index is 0.162. The van der Waals surface area contributed by atoms with Crippen molar-refractivity contribution in [3.63, 3.8) is 0 Å². The zero-order valence-corrected chi connectivity index (χ0v) is 24.7. The van der Waals surface area contributed by atoms with Crippen LogP contribution in [0.3, 0.4) is 0 Å². The van der Waals surface area contributed by atoms with Gasteiger partial charge in [-0.15, -0.1) is 0 Å². The monoisotopic (exact) mass is 580 g/mol. The van der Waals surface area contributed by atoms with E-state index in [4.69, 9.17) is 18.9 Å². The Kier molecular flexibility index (Phi) is 10.4. The lowest BCUT2D eigenvalue weighted by Crippen LogP contribution is -2.12. The molecule has 0 aliphatic carbocycles. The summed E-state index contributed by atoms with van der Waals surface area (Å²) >= 11 is 0. The van der Waals surface area contributed by atoms with E-state index in [9.17, 15) is 19.2 Å². The minimum Gasteiger partial charge on any atom is -0.423 e. The van der Waals surface area contributed by atoms with Crippen LogP contribution in [0.4, 0.5) is 0 Å². The summed E-state index contributed by atoms with van der Waals surface area (Å²) in [5.74, 6) is -1.44. The van der Waals surface area contributed by atoms with Crippen molar-refractivity contribution < 1.29 is 38.1 Å². The van der Waals surface area contributed by atoms with Gasteiger partial charge in [-0.2, -0.15) is 0 Å². The summed E-state index contributed by atoms with van der Waals surface area (Å²) in [6.45, 7) is 18.8. The molecule has 3 aromatic rings. The highest BCUT2D eigenvalue weighted by molar-refractivity contribution is 5.94. The predicted molar refractivity (Wildman–Crippen MR) is 164 cm³/mol. The molecule has 0 unspecified atom stereocenters. The number of benzene rings is 3. The number of hydrogen-bond donors (Lipinski definition) is 0. The minimum atomic E-state index is -0.657. The Morgan fingerprint density at radius 3 is 1.19 bits per heavy atom. The summed E-state index contributed by atoms with van der Waals surface area (Å²) in [7, 11) is 0. The van der Waals surface area contributed by atoms with Crippen molar-refractivity contribution >= 4 is 23.9 Å². The van der Waals surface area contributed by atoms with E-state index < -0.39 is 23.9 Å². The van der Waals surface area contributed by atoms with Gasteiger partial charge in [-0.05, 0) is 82.1 Å². The molecule has 0 aromatic heterocycles. The second-order valence-corrected chi connectivity index (χ2v) is 9.76. The number of carbonyl (C=O) groups excluding carboxylic acids is 4. The van der Waals surface area contributed by atoms with Crippen LogP contribution in [0.15, 0.2) is 109 Å². The van der Waals surface area contributed by atoms with Crippen LogP contribution >= 0.6 is 0 Å². The molecular weight excluding hydrogens is 548 g/mol. The molecule has 0 amide bonds. The van der Waals surface area contributed by atoms with Crippen molar-refractivity contribution in [1.82, 2.24) is 0 Å². The van der Waals surface area contributed by atoms with Gasteiger partial charge in [0.25, 0.3) is 0 Å². The molecule has 0 atom stereocenters. The zero-order chi connectivity index (χ0) is 31.8. The molecule has 0 saturated carbocycles. The molecule has 0 fully saturated rings. The van der Waals surface area contributed by atoms with E-state index >= 15 is 0 Å². The molecule has 0 saturated heterocycles. The maximum absolute atomic E-state index is 12.9. The first-order chi connectivity index (χ1) is 20.3. The van der Waals surface area contributed by atoms with Crippen LogP contribution in [0.2, 0.25) is 0 Å². The highest BCUT2D eigenvalue weighted by Crippen LogP contribution is 2.42. The van der Waals surface area contributed by atoms with Crippen molar-refractivity contribution in [2.24, 2.45) is 0 Å². The van der Waals surface area contributed by atoms with E-state index in [0.717, 1.165) is 0 Å². The Balaban J connectivity index is 2.18. The van der Waals surface area contributed by atoms with E-state index in [0.29, 0.717) is 27.8 Å². The van der Waals surface area contributed by atoms with Gasteiger partial charge < -0.3 is 18.9 Å². The Hall–Kier alpha value is -5.50. The molecule has 0 spiro atoms. The van der Waals surface area contributed by atoms with Crippen molar-refractivity contribution in [3.05, 3.63) is 109 Å². The van der Waals surface area contributed by atoms with E-state index in [2.05, 4.69) is 19.7 Å². The molecule has 0 heterocycles. The second-order valence-electron chi connectivity index (χ2n) is 9.76. The Morgan fingerprint density at radius 2 is 0.860 bits per heavy atom. The molecule has 0 radical (unpaired) electrons. The highest BCUT2D eigenvalue weighted by Gasteiger charge is 2.21. The average Bonchev–Trinajstić information content (AvgIpc) is 2.97. The van der Waals surface area contributed by atoms with Crippen LogP contribution in [0.25, 0.3) is 22.3 Å². The van der Waals surface area contributed by atoms with E-state index in [1.165, 1.54) is 6.92 Å². The topological polar surface area (TPSA) is 105 Å². The number of carbonyl (C=O) groups is 4. The van der Waals surface area contributed by atoms with E-state index in [-0.39, 0.29) is 39.7 Å². The molecule has 0 aliphatic heterocycles. The standard InChI is InChI=1S/C35H32O8/c1-9-23(8)35(39)43-31-19-28(24-10-14-26(15-11-24)40-32(36)20(2)3)30(42-34(38)22(6)7)18-29(31)25-12-16-27(17-13-25)41-33(37)21(4)5/h9-19H,2,4,6H2,1,3,5,7-8H3/b23-9+. The van der Waals surface area contributed by atoms with Gasteiger partial charge in [0, 0.05) is 33.4 Å². The number of esters is 4. The molecule has 3 aromatic carbocycles. The maximum Gasteiger partial charge on any atom is 0.338 e. The molecule has 0 N–H and O–H groups in total. The normalized spacial score (nSPS) is 10.8. The van der Waals surface area contributed by atoms with Crippen LogP contribution in [0.5, 0.6) is 23.0 Å². The quantitative estimate of drug-likeness (QED) is 0.139. The smallest absolute Gasteiger partial charge is 0.338 e. The summed E-state index contributed by atoms with van der Waals surface area (Å²) in [6, 6.07) is 16.2. The van der Waals surface area contributed by atoms with Gasteiger partial charge in [-0.1, -0.05) is 50.1 Å². The highest BCUT2D eigenvalue weighted by atomic mass is 16.5. The van der Waals surface area contributed by atoms with Crippen molar-refractivity contribution in [2.45, 2.75) is 34.6 Å². The van der Waals surface area contributed by atoms with Gasteiger partial charge >= 0.3 is 23.9 Å².